The number of Topliss-reactive ketones (excluding diaryl/α,β-unsaturated/α-hetero) is 1. The molecule has 0 radical (unpaired) electrons. The molecule has 0 aliphatic heterocycles. The summed E-state index contributed by atoms with van der Waals surface area (Å²) >= 11 is 0. The zero-order valence-corrected chi connectivity index (χ0v) is 8.60. The van der Waals surface area contributed by atoms with Crippen molar-refractivity contribution in [3.05, 3.63) is 0 Å². The van der Waals surface area contributed by atoms with E-state index in [4.69, 9.17) is 9.05 Å². The molecule has 1 atom stereocenters. The molecule has 0 N–H and O–H groups in total. The highest BCUT2D eigenvalue weighted by atomic mass is 31.2. The van der Waals surface area contributed by atoms with E-state index >= 15 is 0 Å². The van der Waals surface area contributed by atoms with Crippen molar-refractivity contribution in [2.45, 2.75) is 20.8 Å². The molecule has 0 bridgehead atoms. The smallest absolute Gasteiger partial charge is 0.309 e. The summed E-state index contributed by atoms with van der Waals surface area (Å²) in [4.78, 5) is 10.5. The Morgan fingerprint density at radius 2 is 1.92 bits per heavy atom. The van der Waals surface area contributed by atoms with E-state index in [1.54, 1.807) is 13.8 Å². The highest BCUT2D eigenvalue weighted by Crippen LogP contribution is 2.47. The Bertz CT molecular complexity index is 190. The minimum absolute atomic E-state index is 0.134. The molecule has 0 spiro atoms. The van der Waals surface area contributed by atoms with Crippen LogP contribution >= 0.6 is 7.60 Å². The predicted octanol–water partition coefficient (Wildman–Crippen LogP) is 1.84. The highest BCUT2D eigenvalue weighted by Gasteiger charge is 2.21. The van der Waals surface area contributed by atoms with Crippen molar-refractivity contribution < 1.29 is 18.4 Å². The molecule has 0 aliphatic carbocycles. The number of carbonyl (C=O) groups is 1. The van der Waals surface area contributed by atoms with Crippen LogP contribution in [0.4, 0.5) is 0 Å². The quantitative estimate of drug-likeness (QED) is 0.605. The molecule has 12 heavy (non-hydrogen) atoms. The maximum atomic E-state index is 11.5. The first-order valence-electron chi connectivity index (χ1n) is 3.91. The topological polar surface area (TPSA) is 52.6 Å². The fraction of sp³-hybridized carbons (Fsp3) is 0.857. The van der Waals surface area contributed by atoms with Crippen molar-refractivity contribution in [2.75, 3.05) is 19.4 Å². The largest absolute Gasteiger partial charge is 0.330 e. The van der Waals surface area contributed by atoms with Crippen LogP contribution in [0.1, 0.15) is 20.8 Å². The van der Waals surface area contributed by atoms with E-state index in [2.05, 4.69) is 0 Å². The second-order valence-corrected chi connectivity index (χ2v) is 4.69. The summed E-state index contributed by atoms with van der Waals surface area (Å²) in [7, 11) is -2.97. The third-order valence-electron chi connectivity index (χ3n) is 1.18. The Kier molecular flexibility index (Phi) is 5.38. The van der Waals surface area contributed by atoms with Gasteiger partial charge in [-0.1, -0.05) is 6.92 Å². The van der Waals surface area contributed by atoms with E-state index in [1.807, 2.05) is 0 Å². The molecule has 0 fully saturated rings. The van der Waals surface area contributed by atoms with Crippen LogP contribution in [-0.4, -0.2) is 25.2 Å². The van der Waals surface area contributed by atoms with Crippen LogP contribution < -0.4 is 0 Å². The summed E-state index contributed by atoms with van der Waals surface area (Å²) < 4.78 is 21.3. The first-order chi connectivity index (χ1) is 5.54. The molecule has 0 aromatic carbocycles. The van der Waals surface area contributed by atoms with E-state index in [-0.39, 0.29) is 12.4 Å². The zero-order valence-electron chi connectivity index (χ0n) is 7.70. The van der Waals surface area contributed by atoms with E-state index in [0.29, 0.717) is 12.8 Å². The molecular weight excluding hydrogens is 179 g/mol. The molecule has 0 heterocycles. The molecule has 0 aromatic heterocycles. The molecule has 0 saturated heterocycles. The van der Waals surface area contributed by atoms with Crippen LogP contribution in [0.2, 0.25) is 0 Å². The molecule has 0 amide bonds. The standard InChI is InChI=1S/C7H15O4P/c1-4-10-12(9,5-2)11-6-7(3)8/h4-6H2,1-3H3. The fourth-order valence-electron chi connectivity index (χ4n) is 0.606. The third kappa shape index (κ3) is 4.65. The van der Waals surface area contributed by atoms with E-state index in [9.17, 15) is 9.36 Å². The van der Waals surface area contributed by atoms with Crippen molar-refractivity contribution in [2.24, 2.45) is 0 Å². The van der Waals surface area contributed by atoms with Gasteiger partial charge in [0.05, 0.1) is 6.61 Å². The van der Waals surface area contributed by atoms with Gasteiger partial charge in [0.15, 0.2) is 5.78 Å². The van der Waals surface area contributed by atoms with Crippen LogP contribution in [-0.2, 0) is 18.4 Å². The molecular formula is C7H15O4P. The van der Waals surface area contributed by atoms with E-state index in [0.717, 1.165) is 0 Å². The lowest BCUT2D eigenvalue weighted by molar-refractivity contribution is -0.119. The van der Waals surface area contributed by atoms with Crippen molar-refractivity contribution in [1.29, 1.82) is 0 Å². The average Bonchev–Trinajstić information content (AvgIpc) is 2.02. The van der Waals surface area contributed by atoms with Crippen molar-refractivity contribution in [3.63, 3.8) is 0 Å². The number of hydrogen-bond acceptors (Lipinski definition) is 4. The Labute approximate surface area is 72.8 Å². The van der Waals surface area contributed by atoms with Gasteiger partial charge in [-0.15, -0.1) is 0 Å². The van der Waals surface area contributed by atoms with Gasteiger partial charge in [0.1, 0.15) is 6.61 Å². The van der Waals surface area contributed by atoms with Crippen LogP contribution in [0, 0.1) is 0 Å². The minimum atomic E-state index is -2.97. The van der Waals surface area contributed by atoms with Gasteiger partial charge in [0.2, 0.25) is 0 Å². The van der Waals surface area contributed by atoms with E-state index < -0.39 is 7.60 Å². The van der Waals surface area contributed by atoms with Crippen molar-refractivity contribution in [3.8, 4) is 0 Å². The number of rotatable bonds is 6. The monoisotopic (exact) mass is 194 g/mol. The van der Waals surface area contributed by atoms with Crippen LogP contribution in [0.5, 0.6) is 0 Å². The van der Waals surface area contributed by atoms with Gasteiger partial charge in [-0.25, -0.2) is 0 Å². The Morgan fingerprint density at radius 1 is 1.33 bits per heavy atom. The average molecular weight is 194 g/mol. The Morgan fingerprint density at radius 3 is 2.25 bits per heavy atom. The minimum Gasteiger partial charge on any atom is -0.309 e. The number of ketones is 1. The maximum absolute atomic E-state index is 11.5. The summed E-state index contributed by atoms with van der Waals surface area (Å²) in [5.74, 6) is -0.150. The van der Waals surface area contributed by atoms with Gasteiger partial charge in [-0.2, -0.15) is 0 Å². The van der Waals surface area contributed by atoms with E-state index in [1.165, 1.54) is 6.92 Å². The second-order valence-electron chi connectivity index (χ2n) is 2.32. The van der Waals surface area contributed by atoms with Crippen molar-refractivity contribution in [1.82, 2.24) is 0 Å². The van der Waals surface area contributed by atoms with Gasteiger partial charge in [-0.05, 0) is 13.8 Å². The zero-order chi connectivity index (χ0) is 9.61. The van der Waals surface area contributed by atoms with Crippen LogP contribution in [0.25, 0.3) is 0 Å². The number of hydrogen-bond donors (Lipinski definition) is 0. The van der Waals surface area contributed by atoms with Crippen LogP contribution in [0.3, 0.4) is 0 Å². The summed E-state index contributed by atoms with van der Waals surface area (Å²) in [6.45, 7) is 5.02. The molecule has 72 valence electrons. The molecule has 5 heteroatoms. The predicted molar refractivity (Wildman–Crippen MR) is 46.4 cm³/mol. The third-order valence-corrected chi connectivity index (χ3v) is 3.13. The normalized spacial score (nSPS) is 15.6. The SMILES string of the molecule is CCOP(=O)(CC)OCC(C)=O. The van der Waals surface area contributed by atoms with Gasteiger partial charge in [0.25, 0.3) is 0 Å². The first kappa shape index (κ1) is 11.8. The lowest BCUT2D eigenvalue weighted by Gasteiger charge is -2.14. The Balaban J connectivity index is 3.96. The summed E-state index contributed by atoms with van der Waals surface area (Å²) in [6, 6.07) is 0. The molecule has 1 unspecified atom stereocenters. The van der Waals surface area contributed by atoms with Gasteiger partial charge in [0, 0.05) is 6.16 Å². The maximum Gasteiger partial charge on any atom is 0.330 e. The van der Waals surface area contributed by atoms with Crippen LogP contribution in [0.15, 0.2) is 0 Å². The van der Waals surface area contributed by atoms with Gasteiger partial charge >= 0.3 is 7.60 Å². The highest BCUT2D eigenvalue weighted by molar-refractivity contribution is 7.53. The molecule has 0 aliphatic rings. The van der Waals surface area contributed by atoms with Gasteiger partial charge < -0.3 is 9.05 Å². The first-order valence-corrected chi connectivity index (χ1v) is 5.64. The molecule has 0 saturated carbocycles. The van der Waals surface area contributed by atoms with Gasteiger partial charge in [-0.3, -0.25) is 9.36 Å². The lowest BCUT2D eigenvalue weighted by atomic mass is 10.5. The fourth-order valence-corrected chi connectivity index (χ4v) is 1.82. The lowest BCUT2D eigenvalue weighted by Crippen LogP contribution is -2.05. The summed E-state index contributed by atoms with van der Waals surface area (Å²) in [5, 5.41) is 0. The number of carbonyl (C=O) groups excluding carboxylic acids is 1. The van der Waals surface area contributed by atoms with Crippen molar-refractivity contribution >= 4 is 13.4 Å². The molecule has 0 aromatic rings. The summed E-state index contributed by atoms with van der Waals surface area (Å²) in [6.07, 6.45) is 0.300. The summed E-state index contributed by atoms with van der Waals surface area (Å²) in [5.41, 5.74) is 0. The second kappa shape index (κ2) is 5.46. The Hall–Kier alpha value is -0.180. The molecule has 4 nitrogen and oxygen atoms in total. The molecule has 0 rings (SSSR count).